The van der Waals surface area contributed by atoms with Gasteiger partial charge in [-0.25, -0.2) is 4.98 Å². The Balaban J connectivity index is 1.99. The number of anilines is 1. The maximum Gasteiger partial charge on any atom is 0.140 e. The van der Waals surface area contributed by atoms with Crippen molar-refractivity contribution in [2.75, 3.05) is 18.9 Å². The Morgan fingerprint density at radius 3 is 2.94 bits per heavy atom. The molecule has 0 aliphatic carbocycles. The van der Waals surface area contributed by atoms with Crippen LogP contribution in [0.5, 0.6) is 0 Å². The third-order valence-corrected chi connectivity index (χ3v) is 2.97. The van der Waals surface area contributed by atoms with Crippen LogP contribution in [0.2, 0.25) is 0 Å². The Hall–Kier alpha value is -1.42. The van der Waals surface area contributed by atoms with E-state index in [0.29, 0.717) is 25.5 Å². The summed E-state index contributed by atoms with van der Waals surface area (Å²) in [4.78, 5) is 16.0. The molecule has 2 rings (SSSR count). The van der Waals surface area contributed by atoms with E-state index in [9.17, 15) is 4.79 Å². The molecule has 1 aliphatic heterocycles. The highest BCUT2D eigenvalue weighted by Crippen LogP contribution is 2.19. The molecule has 2 heterocycles. The molecular weight excluding hydrogens is 204 g/mol. The van der Waals surface area contributed by atoms with E-state index >= 15 is 0 Å². The third kappa shape index (κ3) is 2.58. The molecule has 0 spiro atoms. The third-order valence-electron chi connectivity index (χ3n) is 2.97. The molecular formula is C12H16N2O2. The van der Waals surface area contributed by atoms with Gasteiger partial charge in [0.05, 0.1) is 0 Å². The van der Waals surface area contributed by atoms with Gasteiger partial charge in [0.2, 0.25) is 0 Å². The zero-order valence-electron chi connectivity index (χ0n) is 9.19. The van der Waals surface area contributed by atoms with Crippen molar-refractivity contribution in [3.63, 3.8) is 0 Å². The molecule has 0 atom stereocenters. The van der Waals surface area contributed by atoms with Crippen molar-refractivity contribution in [2.45, 2.75) is 19.3 Å². The molecule has 0 unspecified atom stereocenters. The zero-order chi connectivity index (χ0) is 11.4. The predicted octanol–water partition coefficient (Wildman–Crippen LogP) is 1.20. The number of nitrogens with two attached hydrogens (primary N) is 1. The fourth-order valence-electron chi connectivity index (χ4n) is 1.95. The van der Waals surface area contributed by atoms with E-state index in [-0.39, 0.29) is 11.7 Å². The minimum atomic E-state index is 0.133. The van der Waals surface area contributed by atoms with Crippen LogP contribution in [0.25, 0.3) is 0 Å². The van der Waals surface area contributed by atoms with Gasteiger partial charge in [-0.2, -0.15) is 0 Å². The average Bonchev–Trinajstić information content (AvgIpc) is 2.33. The monoisotopic (exact) mass is 220 g/mol. The van der Waals surface area contributed by atoms with E-state index in [1.165, 1.54) is 0 Å². The van der Waals surface area contributed by atoms with Crippen LogP contribution in [0.4, 0.5) is 5.82 Å². The maximum absolute atomic E-state index is 12.0. The molecule has 0 radical (unpaired) electrons. The summed E-state index contributed by atoms with van der Waals surface area (Å²) in [5.41, 5.74) is 6.54. The highest BCUT2D eigenvalue weighted by Gasteiger charge is 2.22. The summed E-state index contributed by atoms with van der Waals surface area (Å²) in [6.45, 7) is 1.39. The number of pyridine rings is 1. The second kappa shape index (κ2) is 5.07. The first-order valence-electron chi connectivity index (χ1n) is 5.57. The molecule has 0 aromatic carbocycles. The second-order valence-electron chi connectivity index (χ2n) is 4.08. The lowest BCUT2D eigenvalue weighted by molar-refractivity contribution is -0.125. The Bertz CT molecular complexity index is 373. The quantitative estimate of drug-likeness (QED) is 0.831. The van der Waals surface area contributed by atoms with Gasteiger partial charge in [0.15, 0.2) is 0 Å². The van der Waals surface area contributed by atoms with E-state index in [1.807, 2.05) is 12.1 Å². The van der Waals surface area contributed by atoms with E-state index < -0.39 is 0 Å². The lowest BCUT2D eigenvalue weighted by atomic mass is 9.91. The number of nitrogens with zero attached hydrogens (tertiary/aromatic N) is 1. The molecule has 1 aromatic rings. The predicted molar refractivity (Wildman–Crippen MR) is 60.9 cm³/mol. The molecule has 2 N–H and O–H groups in total. The fourth-order valence-corrected chi connectivity index (χ4v) is 1.95. The van der Waals surface area contributed by atoms with Gasteiger partial charge in [0.1, 0.15) is 11.6 Å². The number of carbonyl (C=O) groups is 1. The molecule has 1 saturated heterocycles. The summed E-state index contributed by atoms with van der Waals surface area (Å²) in [7, 11) is 0. The molecule has 4 nitrogen and oxygen atoms in total. The smallest absolute Gasteiger partial charge is 0.140 e. The largest absolute Gasteiger partial charge is 0.383 e. The first kappa shape index (κ1) is 11.1. The van der Waals surface area contributed by atoms with Gasteiger partial charge >= 0.3 is 0 Å². The highest BCUT2D eigenvalue weighted by molar-refractivity contribution is 5.84. The topological polar surface area (TPSA) is 65.2 Å². The number of carbonyl (C=O) groups excluding carboxylic acids is 1. The molecule has 1 aliphatic rings. The lowest BCUT2D eigenvalue weighted by Gasteiger charge is -2.20. The Morgan fingerprint density at radius 2 is 2.25 bits per heavy atom. The molecule has 0 bridgehead atoms. The standard InChI is InChI=1S/C12H16N2O2/c13-12-10(2-1-5-14-12)8-11(15)9-3-6-16-7-4-9/h1-2,5,9H,3-4,6-8H2,(H2,13,14). The Kier molecular flexibility index (Phi) is 3.51. The maximum atomic E-state index is 12.0. The van der Waals surface area contributed by atoms with E-state index in [0.717, 1.165) is 18.4 Å². The molecule has 4 heteroatoms. The molecule has 1 aromatic heterocycles. The Morgan fingerprint density at radius 1 is 1.50 bits per heavy atom. The minimum absolute atomic E-state index is 0.133. The lowest BCUT2D eigenvalue weighted by Crippen LogP contribution is -2.25. The zero-order valence-corrected chi connectivity index (χ0v) is 9.19. The van der Waals surface area contributed by atoms with Crippen molar-refractivity contribution in [1.29, 1.82) is 0 Å². The molecule has 16 heavy (non-hydrogen) atoms. The van der Waals surface area contributed by atoms with Crippen LogP contribution in [-0.4, -0.2) is 24.0 Å². The van der Waals surface area contributed by atoms with Crippen molar-refractivity contribution in [3.8, 4) is 0 Å². The summed E-state index contributed by atoms with van der Waals surface area (Å²) < 4.78 is 5.23. The van der Waals surface area contributed by atoms with E-state index in [2.05, 4.69) is 4.98 Å². The highest BCUT2D eigenvalue weighted by atomic mass is 16.5. The number of nitrogen functional groups attached to an aromatic ring is 1. The molecule has 0 saturated carbocycles. The summed E-state index contributed by atoms with van der Waals surface area (Å²) >= 11 is 0. The van der Waals surface area contributed by atoms with Crippen LogP contribution in [0.15, 0.2) is 18.3 Å². The fraction of sp³-hybridized carbons (Fsp3) is 0.500. The van der Waals surface area contributed by atoms with E-state index in [1.54, 1.807) is 6.20 Å². The van der Waals surface area contributed by atoms with E-state index in [4.69, 9.17) is 10.5 Å². The SMILES string of the molecule is Nc1ncccc1CC(=O)C1CCOCC1. The van der Waals surface area contributed by atoms with Crippen LogP contribution in [0.1, 0.15) is 18.4 Å². The van der Waals surface area contributed by atoms with Crippen LogP contribution >= 0.6 is 0 Å². The van der Waals surface area contributed by atoms with Crippen LogP contribution in [0.3, 0.4) is 0 Å². The van der Waals surface area contributed by atoms with Crippen LogP contribution < -0.4 is 5.73 Å². The normalized spacial score (nSPS) is 17.2. The number of hydrogen-bond donors (Lipinski definition) is 1. The second-order valence-corrected chi connectivity index (χ2v) is 4.08. The van der Waals surface area contributed by atoms with Gasteiger partial charge in [0.25, 0.3) is 0 Å². The van der Waals surface area contributed by atoms with Gasteiger partial charge in [-0.3, -0.25) is 4.79 Å². The van der Waals surface area contributed by atoms with Crippen molar-refractivity contribution in [2.24, 2.45) is 5.92 Å². The van der Waals surface area contributed by atoms with Crippen molar-refractivity contribution in [3.05, 3.63) is 23.9 Å². The number of Topliss-reactive ketones (excluding diaryl/α,β-unsaturated/α-hetero) is 1. The first-order valence-corrected chi connectivity index (χ1v) is 5.57. The Labute approximate surface area is 94.8 Å². The van der Waals surface area contributed by atoms with Gasteiger partial charge in [-0.15, -0.1) is 0 Å². The summed E-state index contributed by atoms with van der Waals surface area (Å²) in [6, 6.07) is 3.67. The van der Waals surface area contributed by atoms with Gasteiger partial charge in [-0.1, -0.05) is 6.07 Å². The average molecular weight is 220 g/mol. The van der Waals surface area contributed by atoms with Gasteiger partial charge in [-0.05, 0) is 18.9 Å². The van der Waals surface area contributed by atoms with Crippen molar-refractivity contribution >= 4 is 11.6 Å². The molecule has 86 valence electrons. The van der Waals surface area contributed by atoms with Gasteiger partial charge in [0, 0.05) is 37.3 Å². The first-order chi connectivity index (χ1) is 7.77. The number of aromatic nitrogens is 1. The van der Waals surface area contributed by atoms with Crippen LogP contribution in [0, 0.1) is 5.92 Å². The number of hydrogen-bond acceptors (Lipinski definition) is 4. The van der Waals surface area contributed by atoms with Crippen molar-refractivity contribution in [1.82, 2.24) is 4.98 Å². The summed E-state index contributed by atoms with van der Waals surface area (Å²) in [5.74, 6) is 0.847. The molecule has 0 amide bonds. The van der Waals surface area contributed by atoms with Crippen LogP contribution in [-0.2, 0) is 16.0 Å². The number of ether oxygens (including phenoxy) is 1. The molecule has 1 fully saturated rings. The van der Waals surface area contributed by atoms with Gasteiger partial charge < -0.3 is 10.5 Å². The number of rotatable bonds is 3. The minimum Gasteiger partial charge on any atom is -0.383 e. The van der Waals surface area contributed by atoms with Crippen molar-refractivity contribution < 1.29 is 9.53 Å². The summed E-state index contributed by atoms with van der Waals surface area (Å²) in [5, 5.41) is 0. The summed E-state index contributed by atoms with van der Waals surface area (Å²) in [6.07, 6.45) is 3.69. The number of ketones is 1.